The number of hydrogen-bond acceptors (Lipinski definition) is 7. The predicted molar refractivity (Wildman–Crippen MR) is 125 cm³/mol. The first-order valence-corrected chi connectivity index (χ1v) is 11.3. The maximum atomic E-state index is 13.7. The number of carbonyl (C=O) groups excluding carboxylic acids is 1. The first-order valence-electron chi connectivity index (χ1n) is 11.3. The zero-order valence-electron chi connectivity index (χ0n) is 19.6. The molecule has 0 aliphatic carbocycles. The van der Waals surface area contributed by atoms with Crippen LogP contribution >= 0.6 is 0 Å². The van der Waals surface area contributed by atoms with Crippen LogP contribution in [0.5, 0.6) is 6.01 Å². The smallest absolute Gasteiger partial charge is 0.415 e. The molecule has 1 saturated heterocycles. The molecule has 1 fully saturated rings. The number of ether oxygens (including phenoxy) is 1. The molecular formula is C23H26N6O6. The number of fused-ring (bicyclic) bond motifs is 2. The van der Waals surface area contributed by atoms with Crippen LogP contribution in [0, 0.1) is 10.1 Å². The van der Waals surface area contributed by atoms with Gasteiger partial charge in [0.15, 0.2) is 5.78 Å². The van der Waals surface area contributed by atoms with Crippen LogP contribution in [-0.2, 0) is 6.54 Å². The van der Waals surface area contributed by atoms with Crippen molar-refractivity contribution in [2.24, 2.45) is 0 Å². The summed E-state index contributed by atoms with van der Waals surface area (Å²) in [5.41, 5.74) is -0.272. The van der Waals surface area contributed by atoms with Gasteiger partial charge in [0, 0.05) is 52.8 Å². The van der Waals surface area contributed by atoms with E-state index in [1.165, 1.54) is 11.1 Å². The average molecular weight is 482 g/mol. The van der Waals surface area contributed by atoms with Crippen LogP contribution in [0.15, 0.2) is 36.7 Å². The Balaban J connectivity index is 1.42. The fraction of sp³-hybridized carbons (Fsp3) is 0.435. The van der Waals surface area contributed by atoms with Gasteiger partial charge in [0.25, 0.3) is 0 Å². The van der Waals surface area contributed by atoms with Crippen LogP contribution in [0.3, 0.4) is 0 Å². The quantitative estimate of drug-likeness (QED) is 0.321. The Bertz CT molecular complexity index is 1320. The third-order valence-corrected chi connectivity index (χ3v) is 7.02. The number of hydrogen-bond donors (Lipinski definition) is 2. The van der Waals surface area contributed by atoms with E-state index in [4.69, 9.17) is 4.74 Å². The highest BCUT2D eigenvalue weighted by Crippen LogP contribution is 2.36. The Morgan fingerprint density at radius 3 is 2.74 bits per heavy atom. The largest absolute Gasteiger partial charge is 0.465 e. The normalized spacial score (nSPS) is 23.7. The lowest BCUT2D eigenvalue weighted by Gasteiger charge is -2.52. The van der Waals surface area contributed by atoms with E-state index in [9.17, 15) is 24.8 Å². The van der Waals surface area contributed by atoms with Gasteiger partial charge in [-0.25, -0.2) is 4.79 Å². The number of rotatable bonds is 5. The van der Waals surface area contributed by atoms with E-state index in [0.29, 0.717) is 25.2 Å². The molecule has 1 amide bonds. The maximum Gasteiger partial charge on any atom is 0.415 e. The number of nitrogens with one attached hydrogen (secondary N) is 1. The lowest BCUT2D eigenvalue weighted by atomic mass is 9.82. The molecule has 2 N–H and O–H groups in total. The second kappa shape index (κ2) is 7.80. The Hall–Kier alpha value is -3.93. The molecule has 1 unspecified atom stereocenters. The van der Waals surface area contributed by atoms with E-state index in [0.717, 1.165) is 10.9 Å². The van der Waals surface area contributed by atoms with E-state index in [1.807, 2.05) is 32.9 Å². The molecule has 2 atom stereocenters. The van der Waals surface area contributed by atoms with E-state index >= 15 is 0 Å². The van der Waals surface area contributed by atoms with Crippen LogP contribution in [0.4, 0.5) is 10.6 Å². The number of piperazine rings is 1. The summed E-state index contributed by atoms with van der Waals surface area (Å²) in [5, 5.41) is 21.8. The Morgan fingerprint density at radius 2 is 2.06 bits per heavy atom. The van der Waals surface area contributed by atoms with Crippen LogP contribution < -0.4 is 4.74 Å². The predicted octanol–water partition coefficient (Wildman–Crippen LogP) is 2.75. The van der Waals surface area contributed by atoms with Crippen molar-refractivity contribution in [1.29, 1.82) is 0 Å². The van der Waals surface area contributed by atoms with E-state index in [2.05, 4.69) is 14.9 Å². The zero-order chi connectivity index (χ0) is 25.1. The van der Waals surface area contributed by atoms with Gasteiger partial charge in [0.1, 0.15) is 17.8 Å². The van der Waals surface area contributed by atoms with Crippen molar-refractivity contribution in [3.63, 3.8) is 0 Å². The molecule has 5 rings (SSSR count). The van der Waals surface area contributed by atoms with E-state index in [-0.39, 0.29) is 24.2 Å². The third kappa shape index (κ3) is 3.79. The molecule has 2 aliphatic heterocycles. The van der Waals surface area contributed by atoms with Gasteiger partial charge in [-0.1, -0.05) is 0 Å². The highest BCUT2D eigenvalue weighted by atomic mass is 16.6. The van der Waals surface area contributed by atoms with Gasteiger partial charge in [-0.15, -0.1) is 0 Å². The standard InChI is InChI=1S/C23H26N6O6/c1-22(2)19(18(30)15-4-5-16-14(10-15)6-7-24-16)28(21(31)32)9-8-27(22)13-23(3)12-26-11-17(29(33)34)25-20(26)35-23/h4-7,10-11,19,24H,8-9,12-13H2,1-3H3,(H,31,32)/t19?,23-/m1/s1. The van der Waals surface area contributed by atoms with Crippen molar-refractivity contribution in [3.05, 3.63) is 52.3 Å². The SMILES string of the molecule is CC1(C)C(C(=O)c2ccc3[nH]ccc3c2)N(C(=O)O)CCN1C[C@@]1(C)Cn2cc([N+](=O)[O-])nc2O1. The molecule has 2 aromatic heterocycles. The number of imidazole rings is 1. The fourth-order valence-electron chi connectivity index (χ4n) is 5.28. The lowest BCUT2D eigenvalue weighted by Crippen LogP contribution is -2.70. The van der Waals surface area contributed by atoms with Crippen molar-refractivity contribution < 1.29 is 24.4 Å². The van der Waals surface area contributed by atoms with Crippen molar-refractivity contribution >= 4 is 28.6 Å². The summed E-state index contributed by atoms with van der Waals surface area (Å²) in [5.74, 6) is -0.547. The zero-order valence-corrected chi connectivity index (χ0v) is 19.6. The van der Waals surface area contributed by atoms with Crippen molar-refractivity contribution in [2.45, 2.75) is 44.5 Å². The second-order valence-electron chi connectivity index (χ2n) is 9.92. The highest BCUT2D eigenvalue weighted by Gasteiger charge is 2.52. The Morgan fingerprint density at radius 1 is 1.29 bits per heavy atom. The van der Waals surface area contributed by atoms with Gasteiger partial charge >= 0.3 is 17.9 Å². The number of ketones is 1. The van der Waals surface area contributed by atoms with Crippen LogP contribution in [0.25, 0.3) is 10.9 Å². The van der Waals surface area contributed by atoms with Gasteiger partial charge in [-0.05, 0) is 50.0 Å². The van der Waals surface area contributed by atoms with Gasteiger partial charge in [-0.3, -0.25) is 19.2 Å². The minimum atomic E-state index is -1.14. The molecule has 12 nitrogen and oxygen atoms in total. The number of benzene rings is 1. The summed E-state index contributed by atoms with van der Waals surface area (Å²) in [6.45, 7) is 6.90. The van der Waals surface area contributed by atoms with Crippen molar-refractivity contribution in [2.75, 3.05) is 19.6 Å². The van der Waals surface area contributed by atoms with Crippen LogP contribution in [0.1, 0.15) is 31.1 Å². The third-order valence-electron chi connectivity index (χ3n) is 7.02. The molecule has 184 valence electrons. The summed E-state index contributed by atoms with van der Waals surface area (Å²) in [7, 11) is 0. The fourth-order valence-corrected chi connectivity index (χ4v) is 5.28. The minimum Gasteiger partial charge on any atom is -0.465 e. The summed E-state index contributed by atoms with van der Waals surface area (Å²) in [6, 6.07) is 6.41. The first-order chi connectivity index (χ1) is 16.5. The summed E-state index contributed by atoms with van der Waals surface area (Å²) < 4.78 is 7.61. The number of nitro groups is 1. The highest BCUT2D eigenvalue weighted by molar-refractivity contribution is 6.04. The molecule has 0 saturated carbocycles. The monoisotopic (exact) mass is 482 g/mol. The van der Waals surface area contributed by atoms with Gasteiger partial charge in [0.05, 0.1) is 6.54 Å². The lowest BCUT2D eigenvalue weighted by molar-refractivity contribution is -0.389. The molecule has 0 radical (unpaired) electrons. The average Bonchev–Trinajstić information content (AvgIpc) is 3.47. The Labute approximate surface area is 200 Å². The molecule has 35 heavy (non-hydrogen) atoms. The van der Waals surface area contributed by atoms with Crippen LogP contribution in [-0.4, -0.2) is 83.1 Å². The number of carboxylic acid groups (broad SMARTS) is 1. The molecule has 0 spiro atoms. The number of H-pyrrole nitrogens is 1. The number of amides is 1. The molecule has 1 aromatic carbocycles. The number of nitrogens with zero attached hydrogens (tertiary/aromatic N) is 5. The van der Waals surface area contributed by atoms with E-state index in [1.54, 1.807) is 22.9 Å². The maximum absolute atomic E-state index is 13.7. The second-order valence-corrected chi connectivity index (χ2v) is 9.92. The van der Waals surface area contributed by atoms with Crippen molar-refractivity contribution in [3.8, 4) is 6.01 Å². The van der Waals surface area contributed by atoms with Gasteiger partial charge in [0.2, 0.25) is 0 Å². The first kappa shape index (κ1) is 22.8. The summed E-state index contributed by atoms with van der Waals surface area (Å²) in [4.78, 5) is 46.6. The summed E-state index contributed by atoms with van der Waals surface area (Å²) in [6.07, 6.45) is 1.99. The number of Topliss-reactive ketones (excluding diaryl/α,β-unsaturated/α-hetero) is 1. The molecule has 0 bridgehead atoms. The molecule has 4 heterocycles. The van der Waals surface area contributed by atoms with Crippen LogP contribution in [0.2, 0.25) is 0 Å². The summed E-state index contributed by atoms with van der Waals surface area (Å²) >= 11 is 0. The Kier molecular flexibility index (Phi) is 5.09. The molecule has 2 aliphatic rings. The van der Waals surface area contributed by atoms with Gasteiger partial charge in [-0.2, -0.15) is 0 Å². The van der Waals surface area contributed by atoms with E-state index < -0.39 is 28.2 Å². The van der Waals surface area contributed by atoms with Crippen molar-refractivity contribution in [1.82, 2.24) is 24.3 Å². The minimum absolute atomic E-state index is 0.160. The van der Waals surface area contributed by atoms with Gasteiger partial charge < -0.3 is 24.9 Å². The number of aromatic amines is 1. The molecule has 12 heteroatoms. The topological polar surface area (TPSA) is 147 Å². The molecule has 3 aromatic rings. The number of aromatic nitrogens is 3. The number of carbonyl (C=O) groups is 2. The molecular weight excluding hydrogens is 456 g/mol.